The lowest BCUT2D eigenvalue weighted by Crippen LogP contribution is -2.30. The van der Waals surface area contributed by atoms with Gasteiger partial charge in [0.1, 0.15) is 14.0 Å². The number of phosphoric ester groups is 1. The molecule has 0 spiro atoms. The number of ether oxygens (including phenoxy) is 2. The van der Waals surface area contributed by atoms with Gasteiger partial charge in [0.15, 0.2) is 0 Å². The Morgan fingerprint density at radius 1 is 1.27 bits per heavy atom. The standard InChI is InChI=1S/C6H12BFN3O12P3/c7-5-1-3(21-6(8)10-11-9)4(20-5)2-19-25(15,16)23-26(17,18)22-24(12,13)14/h3-6H,1-2H2,(H,15,16)(H,17,18)(H2,12,13,14)/t3?,4-,5-,6?/m1/s1. The summed E-state index contributed by atoms with van der Waals surface area (Å²) in [7, 11) is -11.1. The molecule has 0 aromatic carbocycles. The van der Waals surface area contributed by atoms with Gasteiger partial charge in [0, 0.05) is 10.9 Å². The first-order valence-corrected chi connectivity index (χ1v) is 10.8. The van der Waals surface area contributed by atoms with Crippen LogP contribution in [0.3, 0.4) is 0 Å². The molecule has 1 aliphatic rings. The van der Waals surface area contributed by atoms with E-state index in [0.717, 1.165) is 0 Å². The van der Waals surface area contributed by atoms with E-state index in [-0.39, 0.29) is 6.42 Å². The van der Waals surface area contributed by atoms with E-state index in [1.165, 1.54) is 0 Å². The van der Waals surface area contributed by atoms with Crippen LogP contribution in [-0.4, -0.2) is 58.7 Å². The summed E-state index contributed by atoms with van der Waals surface area (Å²) < 4.78 is 67.3. The van der Waals surface area contributed by atoms with Crippen LogP contribution in [0.4, 0.5) is 4.39 Å². The predicted octanol–water partition coefficient (Wildman–Crippen LogP) is 0.562. The van der Waals surface area contributed by atoms with E-state index in [0.29, 0.717) is 0 Å². The van der Waals surface area contributed by atoms with Gasteiger partial charge < -0.3 is 29.0 Å². The van der Waals surface area contributed by atoms with Crippen LogP contribution in [0.25, 0.3) is 10.4 Å². The van der Waals surface area contributed by atoms with Gasteiger partial charge in [-0.05, 0) is 17.1 Å². The SMILES string of the molecule is [B][C@H]1CC(OC(F)N=[N+]=[N-])[C@@H](COP(=O)(O)OP(=O)(O)OP(=O)(O)O)O1. The van der Waals surface area contributed by atoms with Gasteiger partial charge in [0.05, 0.1) is 12.7 Å². The van der Waals surface area contributed by atoms with Crippen molar-refractivity contribution in [3.8, 4) is 0 Å². The third kappa shape index (κ3) is 9.02. The lowest BCUT2D eigenvalue weighted by Gasteiger charge is -2.21. The number of azide groups is 1. The lowest BCUT2D eigenvalue weighted by atomic mass is 9.96. The molecular weight excluding hydrogens is 429 g/mol. The number of nitrogens with zero attached hydrogens (tertiary/aromatic N) is 3. The highest BCUT2D eigenvalue weighted by Crippen LogP contribution is 2.66. The number of halogens is 1. The molecule has 0 aromatic rings. The first kappa shape index (κ1) is 23.7. The summed E-state index contributed by atoms with van der Waals surface area (Å²) >= 11 is 0. The molecule has 1 heterocycles. The molecule has 1 aliphatic heterocycles. The number of alkyl halides is 1. The minimum Gasteiger partial charge on any atom is -0.380 e. The Kier molecular flexibility index (Phi) is 8.39. The molecular formula is C6H12BFN3O12P3. The molecule has 0 amide bonds. The van der Waals surface area contributed by atoms with Gasteiger partial charge in [-0.3, -0.25) is 4.52 Å². The molecule has 15 nitrogen and oxygen atoms in total. The summed E-state index contributed by atoms with van der Waals surface area (Å²) in [5.74, 6) is 0. The molecule has 0 bridgehead atoms. The molecule has 26 heavy (non-hydrogen) atoms. The second kappa shape index (κ2) is 9.22. The van der Waals surface area contributed by atoms with Crippen molar-refractivity contribution in [2.75, 3.05) is 6.61 Å². The van der Waals surface area contributed by atoms with Crippen molar-refractivity contribution < 1.29 is 60.3 Å². The van der Waals surface area contributed by atoms with Crippen molar-refractivity contribution in [2.24, 2.45) is 5.11 Å². The first-order valence-electron chi connectivity index (χ1n) is 6.26. The second-order valence-electron chi connectivity index (χ2n) is 4.51. The van der Waals surface area contributed by atoms with Crippen molar-refractivity contribution >= 4 is 31.3 Å². The highest BCUT2D eigenvalue weighted by atomic mass is 31.3. The molecule has 1 saturated heterocycles. The molecule has 6 atom stereocenters. The van der Waals surface area contributed by atoms with Gasteiger partial charge in [0.2, 0.25) is 0 Å². The van der Waals surface area contributed by atoms with Gasteiger partial charge in [-0.1, -0.05) is 0 Å². The molecule has 1 fully saturated rings. The topological polar surface area (TPSA) is 227 Å². The Morgan fingerprint density at radius 2 is 1.88 bits per heavy atom. The third-order valence-electron chi connectivity index (χ3n) is 2.48. The van der Waals surface area contributed by atoms with Crippen LogP contribution in [0, 0.1) is 0 Å². The summed E-state index contributed by atoms with van der Waals surface area (Å²) in [6.07, 6.45) is -2.58. The number of rotatable bonds is 10. The predicted molar refractivity (Wildman–Crippen MR) is 77.8 cm³/mol. The van der Waals surface area contributed by atoms with Crippen LogP contribution in [-0.2, 0) is 36.3 Å². The van der Waals surface area contributed by atoms with Gasteiger partial charge in [-0.15, -0.1) is 0 Å². The Hall–Kier alpha value is -0.365. The third-order valence-corrected chi connectivity index (χ3v) is 6.28. The summed E-state index contributed by atoms with van der Waals surface area (Å²) in [6.45, 7) is -3.29. The van der Waals surface area contributed by atoms with Crippen molar-refractivity contribution in [3.63, 3.8) is 0 Å². The van der Waals surface area contributed by atoms with Gasteiger partial charge in [-0.25, -0.2) is 18.1 Å². The average Bonchev–Trinajstić information content (AvgIpc) is 2.72. The van der Waals surface area contributed by atoms with E-state index in [1.807, 2.05) is 0 Å². The van der Waals surface area contributed by atoms with Crippen LogP contribution >= 0.6 is 23.5 Å². The fourth-order valence-electron chi connectivity index (χ4n) is 1.72. The van der Waals surface area contributed by atoms with Crippen molar-refractivity contribution in [1.82, 2.24) is 0 Å². The Bertz CT molecular complexity index is 685. The maximum absolute atomic E-state index is 13.1. The highest BCUT2D eigenvalue weighted by Gasteiger charge is 2.42. The van der Waals surface area contributed by atoms with E-state index in [2.05, 4.69) is 27.9 Å². The summed E-state index contributed by atoms with van der Waals surface area (Å²) in [5.41, 5.74) is 8.08. The quantitative estimate of drug-likeness (QED) is 0.0911. The Morgan fingerprint density at radius 3 is 2.42 bits per heavy atom. The molecule has 148 valence electrons. The molecule has 2 radical (unpaired) electrons. The van der Waals surface area contributed by atoms with Crippen molar-refractivity contribution in [2.45, 2.75) is 31.1 Å². The highest BCUT2D eigenvalue weighted by molar-refractivity contribution is 7.66. The van der Waals surface area contributed by atoms with Crippen molar-refractivity contribution in [1.29, 1.82) is 0 Å². The monoisotopic (exact) mass is 441 g/mol. The minimum absolute atomic E-state index is 0.119. The van der Waals surface area contributed by atoms with E-state index in [9.17, 15) is 23.0 Å². The van der Waals surface area contributed by atoms with Crippen molar-refractivity contribution in [3.05, 3.63) is 10.4 Å². The summed E-state index contributed by atoms with van der Waals surface area (Å²) in [6, 6.07) is -0.993. The van der Waals surface area contributed by atoms with Gasteiger partial charge in [0.25, 0.3) is 6.48 Å². The fourth-order valence-corrected chi connectivity index (χ4v) is 4.75. The number of hydrogen-bond acceptors (Lipinski definition) is 9. The maximum Gasteiger partial charge on any atom is 0.490 e. The van der Waals surface area contributed by atoms with E-state index in [4.69, 9.17) is 32.8 Å². The number of phosphoric acid groups is 3. The molecule has 0 aliphatic carbocycles. The summed E-state index contributed by atoms with van der Waals surface area (Å²) in [5, 5.41) is 2.60. The summed E-state index contributed by atoms with van der Waals surface area (Å²) in [4.78, 5) is 37.2. The number of hydrogen-bond donors (Lipinski definition) is 4. The Balaban J connectivity index is 2.66. The first-order chi connectivity index (χ1) is 11.7. The zero-order valence-electron chi connectivity index (χ0n) is 12.4. The zero-order valence-corrected chi connectivity index (χ0v) is 15.1. The van der Waals surface area contributed by atoms with E-state index >= 15 is 0 Å². The molecule has 20 heteroatoms. The molecule has 0 aromatic heterocycles. The van der Waals surface area contributed by atoms with E-state index < -0.39 is 54.8 Å². The van der Waals surface area contributed by atoms with Crippen LogP contribution in [0.15, 0.2) is 5.11 Å². The average molecular weight is 441 g/mol. The minimum atomic E-state index is -5.67. The maximum atomic E-state index is 13.1. The molecule has 1 rings (SSSR count). The van der Waals surface area contributed by atoms with Crippen LogP contribution in [0.2, 0.25) is 0 Å². The lowest BCUT2D eigenvalue weighted by molar-refractivity contribution is -0.111. The zero-order chi connectivity index (χ0) is 20.2. The van der Waals surface area contributed by atoms with Crippen LogP contribution < -0.4 is 0 Å². The van der Waals surface area contributed by atoms with Gasteiger partial charge in [-0.2, -0.15) is 8.62 Å². The van der Waals surface area contributed by atoms with Gasteiger partial charge >= 0.3 is 23.5 Å². The van der Waals surface area contributed by atoms with Crippen LogP contribution in [0.5, 0.6) is 0 Å². The molecule has 4 N–H and O–H groups in total. The largest absolute Gasteiger partial charge is 0.490 e. The van der Waals surface area contributed by atoms with Crippen LogP contribution in [0.1, 0.15) is 6.42 Å². The fraction of sp³-hybridized carbons (Fsp3) is 1.00. The normalized spacial score (nSPS) is 29.3. The molecule has 4 unspecified atom stereocenters. The smallest absolute Gasteiger partial charge is 0.380 e. The molecule has 0 saturated carbocycles. The Labute approximate surface area is 145 Å². The van der Waals surface area contributed by atoms with E-state index in [1.54, 1.807) is 0 Å². The second-order valence-corrected chi connectivity index (χ2v) is 8.93.